The number of hydrogen-bond donors (Lipinski definition) is 1. The predicted molar refractivity (Wildman–Crippen MR) is 111 cm³/mol. The molecular weight excluding hydrogens is 366 g/mol. The van der Waals surface area contributed by atoms with Gasteiger partial charge in [-0.2, -0.15) is 0 Å². The van der Waals surface area contributed by atoms with E-state index in [0.29, 0.717) is 25.3 Å². The Morgan fingerprint density at radius 1 is 0.897 bits per heavy atom. The van der Waals surface area contributed by atoms with Gasteiger partial charge < -0.3 is 14.8 Å². The number of ether oxygens (including phenoxy) is 2. The third kappa shape index (κ3) is 4.44. The zero-order valence-electron chi connectivity index (χ0n) is 16.6. The quantitative estimate of drug-likeness (QED) is 0.721. The molecule has 0 spiro atoms. The molecule has 4 rings (SSSR count). The van der Waals surface area contributed by atoms with Gasteiger partial charge in [0.05, 0.1) is 0 Å². The molecule has 0 aromatic heterocycles. The number of carbonyl (C=O) groups excluding carboxylic acids is 2. The lowest BCUT2D eigenvalue weighted by atomic mass is 9.78. The molecule has 1 N–H and O–H groups in total. The van der Waals surface area contributed by atoms with Crippen molar-refractivity contribution in [3.05, 3.63) is 59.7 Å². The van der Waals surface area contributed by atoms with Crippen LogP contribution in [0.15, 0.2) is 48.5 Å². The summed E-state index contributed by atoms with van der Waals surface area (Å²) in [6, 6.07) is 15.3. The van der Waals surface area contributed by atoms with Crippen LogP contribution in [0.3, 0.4) is 0 Å². The van der Waals surface area contributed by atoms with Crippen LogP contribution in [-0.2, 0) is 10.2 Å². The molecule has 5 nitrogen and oxygen atoms in total. The summed E-state index contributed by atoms with van der Waals surface area (Å²) in [7, 11) is 0. The molecule has 2 aromatic carbocycles. The summed E-state index contributed by atoms with van der Waals surface area (Å²) in [5.41, 5.74) is 1.78. The van der Waals surface area contributed by atoms with Crippen LogP contribution in [0, 0.1) is 0 Å². The topological polar surface area (TPSA) is 64.6 Å². The number of nitrogens with one attached hydrogen (secondary N) is 1. The Kier molecular flexibility index (Phi) is 5.84. The number of benzene rings is 2. The molecule has 1 heterocycles. The summed E-state index contributed by atoms with van der Waals surface area (Å²) < 4.78 is 11.4. The summed E-state index contributed by atoms with van der Waals surface area (Å²) >= 11 is 0. The van der Waals surface area contributed by atoms with Gasteiger partial charge in [-0.15, -0.1) is 0 Å². The van der Waals surface area contributed by atoms with E-state index in [9.17, 15) is 9.59 Å². The van der Waals surface area contributed by atoms with Crippen molar-refractivity contribution >= 4 is 11.7 Å². The molecule has 1 fully saturated rings. The zero-order chi connectivity index (χ0) is 20.1. The van der Waals surface area contributed by atoms with Crippen LogP contribution in [0.2, 0.25) is 0 Å². The van der Waals surface area contributed by atoms with E-state index in [4.69, 9.17) is 9.47 Å². The summed E-state index contributed by atoms with van der Waals surface area (Å²) in [4.78, 5) is 24.7. The van der Waals surface area contributed by atoms with Gasteiger partial charge in [-0.25, -0.2) is 0 Å². The van der Waals surface area contributed by atoms with Crippen LogP contribution in [0.5, 0.6) is 11.5 Å². The second-order valence-corrected chi connectivity index (χ2v) is 7.91. The third-order valence-corrected chi connectivity index (χ3v) is 6.01. The van der Waals surface area contributed by atoms with E-state index in [1.54, 1.807) is 12.1 Å². The third-order valence-electron chi connectivity index (χ3n) is 6.01. The van der Waals surface area contributed by atoms with Crippen molar-refractivity contribution in [3.63, 3.8) is 0 Å². The molecule has 1 amide bonds. The smallest absolute Gasteiger partial charge is 0.220 e. The van der Waals surface area contributed by atoms with Crippen LogP contribution >= 0.6 is 0 Å². The number of hydrogen-bond acceptors (Lipinski definition) is 4. The summed E-state index contributed by atoms with van der Waals surface area (Å²) in [5.74, 6) is 1.51. The minimum absolute atomic E-state index is 0.00293. The molecule has 2 aliphatic rings. The molecule has 1 aliphatic heterocycles. The number of fused-ring (bicyclic) bond motifs is 1. The lowest BCUT2D eigenvalue weighted by Crippen LogP contribution is -2.39. The van der Waals surface area contributed by atoms with Gasteiger partial charge >= 0.3 is 0 Å². The Balaban J connectivity index is 1.37. The number of amides is 1. The molecule has 152 valence electrons. The zero-order valence-corrected chi connectivity index (χ0v) is 16.6. The Hall–Kier alpha value is -2.82. The van der Waals surface area contributed by atoms with Gasteiger partial charge in [0.1, 0.15) is 13.2 Å². The highest BCUT2D eigenvalue weighted by molar-refractivity contribution is 5.97. The fourth-order valence-corrected chi connectivity index (χ4v) is 4.34. The summed E-state index contributed by atoms with van der Waals surface area (Å²) in [5, 5.41) is 3.09. The average molecular weight is 393 g/mol. The van der Waals surface area contributed by atoms with Gasteiger partial charge in [-0.1, -0.05) is 49.2 Å². The number of ketones is 1. The molecule has 0 radical (unpaired) electrons. The molecule has 1 aliphatic carbocycles. The number of Topliss-reactive ketones (excluding diaryl/α,β-unsaturated/α-hetero) is 1. The van der Waals surface area contributed by atoms with Crippen LogP contribution in [0.1, 0.15) is 54.4 Å². The van der Waals surface area contributed by atoms with Crippen molar-refractivity contribution in [3.8, 4) is 11.5 Å². The maximum Gasteiger partial charge on any atom is 0.220 e. The van der Waals surface area contributed by atoms with Gasteiger partial charge in [0, 0.05) is 30.4 Å². The largest absolute Gasteiger partial charge is 0.486 e. The van der Waals surface area contributed by atoms with Crippen molar-refractivity contribution in [1.29, 1.82) is 0 Å². The average Bonchev–Trinajstić information content (AvgIpc) is 3.26. The fourth-order valence-electron chi connectivity index (χ4n) is 4.34. The van der Waals surface area contributed by atoms with Crippen molar-refractivity contribution in [2.45, 2.75) is 43.9 Å². The van der Waals surface area contributed by atoms with Gasteiger partial charge in [0.15, 0.2) is 17.3 Å². The first-order chi connectivity index (χ1) is 14.2. The van der Waals surface area contributed by atoms with Crippen LogP contribution in [0.25, 0.3) is 0 Å². The van der Waals surface area contributed by atoms with Crippen molar-refractivity contribution in [2.75, 3.05) is 19.8 Å². The molecule has 29 heavy (non-hydrogen) atoms. The highest BCUT2D eigenvalue weighted by Crippen LogP contribution is 2.43. The van der Waals surface area contributed by atoms with Crippen LogP contribution in [-0.4, -0.2) is 31.4 Å². The van der Waals surface area contributed by atoms with E-state index in [1.165, 1.54) is 5.56 Å². The van der Waals surface area contributed by atoms with Gasteiger partial charge in [0.25, 0.3) is 0 Å². The Morgan fingerprint density at radius 2 is 1.62 bits per heavy atom. The van der Waals surface area contributed by atoms with Gasteiger partial charge in [0.2, 0.25) is 5.91 Å². The molecule has 0 atom stereocenters. The molecular formula is C24H27NO4. The number of carbonyl (C=O) groups is 2. The highest BCUT2D eigenvalue weighted by Gasteiger charge is 2.36. The maximum absolute atomic E-state index is 12.4. The van der Waals surface area contributed by atoms with E-state index in [1.807, 2.05) is 24.3 Å². The van der Waals surface area contributed by atoms with Crippen molar-refractivity contribution in [2.24, 2.45) is 0 Å². The first-order valence-electron chi connectivity index (χ1n) is 10.4. The van der Waals surface area contributed by atoms with Crippen LogP contribution in [0.4, 0.5) is 0 Å². The highest BCUT2D eigenvalue weighted by atomic mass is 16.6. The predicted octanol–water partition coefficient (Wildman–Crippen LogP) is 4.05. The van der Waals surface area contributed by atoms with Crippen molar-refractivity contribution in [1.82, 2.24) is 5.32 Å². The van der Waals surface area contributed by atoms with E-state index < -0.39 is 0 Å². The second kappa shape index (κ2) is 8.68. The molecule has 1 saturated carbocycles. The Morgan fingerprint density at radius 3 is 2.38 bits per heavy atom. The van der Waals surface area contributed by atoms with E-state index in [0.717, 1.165) is 37.2 Å². The molecule has 0 bridgehead atoms. The fraction of sp³-hybridized carbons (Fsp3) is 0.417. The maximum atomic E-state index is 12.4. The Bertz CT molecular complexity index is 872. The molecule has 5 heteroatoms. The minimum Gasteiger partial charge on any atom is -0.486 e. The van der Waals surface area contributed by atoms with Crippen LogP contribution < -0.4 is 14.8 Å². The minimum atomic E-state index is -0.0745. The molecule has 0 saturated heterocycles. The molecule has 0 unspecified atom stereocenters. The molecule has 2 aromatic rings. The standard InChI is InChI=1S/C24H27NO4/c26-20(18-6-2-1-3-7-18)9-11-23(27)25-17-24(12-4-5-13-24)19-8-10-21-22(16-19)29-15-14-28-21/h1-3,6-8,10,16H,4-5,9,11-15,17H2,(H,25,27). The first kappa shape index (κ1) is 19.5. The number of rotatable bonds is 7. The van der Waals surface area contributed by atoms with E-state index in [2.05, 4.69) is 17.4 Å². The summed E-state index contributed by atoms with van der Waals surface area (Å²) in [6.07, 6.45) is 4.82. The van der Waals surface area contributed by atoms with Crippen molar-refractivity contribution < 1.29 is 19.1 Å². The SMILES string of the molecule is O=C(CCC(=O)c1ccccc1)NCC1(c2ccc3c(c2)OCCO3)CCCC1. The lowest BCUT2D eigenvalue weighted by Gasteiger charge is -2.31. The Labute approximate surface area is 171 Å². The van der Waals surface area contributed by atoms with Gasteiger partial charge in [-0.3, -0.25) is 9.59 Å². The lowest BCUT2D eigenvalue weighted by molar-refractivity contribution is -0.121. The normalized spacial score (nSPS) is 17.0. The van der Waals surface area contributed by atoms with Gasteiger partial charge in [-0.05, 0) is 30.5 Å². The van der Waals surface area contributed by atoms with E-state index in [-0.39, 0.29) is 29.9 Å². The second-order valence-electron chi connectivity index (χ2n) is 7.91. The first-order valence-corrected chi connectivity index (χ1v) is 10.4. The summed E-state index contributed by atoms with van der Waals surface area (Å²) in [6.45, 7) is 1.73. The van der Waals surface area contributed by atoms with E-state index >= 15 is 0 Å². The monoisotopic (exact) mass is 393 g/mol.